The van der Waals surface area contributed by atoms with Crippen LogP contribution in [0.4, 0.5) is 5.69 Å². The predicted octanol–water partition coefficient (Wildman–Crippen LogP) is 1.75. The number of hydrogen-bond donors (Lipinski definition) is 3. The van der Waals surface area contributed by atoms with Crippen LogP contribution in [-0.2, 0) is 4.79 Å². The SMILES string of the molecule is O=C(CNC(=O)c1ccccc1)Nc1ccccc1C(=O)O. The molecule has 0 fully saturated rings. The number of para-hydroxylation sites is 1. The third-order valence-corrected chi connectivity index (χ3v) is 2.88. The van der Waals surface area contributed by atoms with E-state index in [1.807, 2.05) is 0 Å². The molecule has 22 heavy (non-hydrogen) atoms. The summed E-state index contributed by atoms with van der Waals surface area (Å²) in [6.07, 6.45) is 0. The van der Waals surface area contributed by atoms with Gasteiger partial charge in [0.25, 0.3) is 5.91 Å². The van der Waals surface area contributed by atoms with Gasteiger partial charge in [-0.25, -0.2) is 4.79 Å². The molecule has 0 heterocycles. The molecule has 3 N–H and O–H groups in total. The Morgan fingerprint density at radius 3 is 2.23 bits per heavy atom. The number of aromatic carboxylic acids is 1. The quantitative estimate of drug-likeness (QED) is 0.783. The molecule has 6 nitrogen and oxygen atoms in total. The van der Waals surface area contributed by atoms with Gasteiger partial charge < -0.3 is 15.7 Å². The summed E-state index contributed by atoms with van der Waals surface area (Å²) in [4.78, 5) is 34.6. The van der Waals surface area contributed by atoms with E-state index >= 15 is 0 Å². The molecule has 2 aromatic carbocycles. The van der Waals surface area contributed by atoms with Crippen molar-refractivity contribution in [2.24, 2.45) is 0 Å². The van der Waals surface area contributed by atoms with Gasteiger partial charge in [-0.2, -0.15) is 0 Å². The fourth-order valence-corrected chi connectivity index (χ4v) is 1.83. The maximum atomic E-state index is 11.8. The van der Waals surface area contributed by atoms with Crippen LogP contribution in [0.3, 0.4) is 0 Å². The van der Waals surface area contributed by atoms with Gasteiger partial charge in [-0.1, -0.05) is 30.3 Å². The lowest BCUT2D eigenvalue weighted by Gasteiger charge is -2.09. The molecule has 0 saturated carbocycles. The van der Waals surface area contributed by atoms with Crippen molar-refractivity contribution in [1.29, 1.82) is 0 Å². The fraction of sp³-hybridized carbons (Fsp3) is 0.0625. The average molecular weight is 298 g/mol. The summed E-state index contributed by atoms with van der Waals surface area (Å²) in [6, 6.07) is 14.5. The van der Waals surface area contributed by atoms with Crippen LogP contribution in [0.1, 0.15) is 20.7 Å². The Kier molecular flexibility index (Phi) is 4.87. The van der Waals surface area contributed by atoms with Crippen LogP contribution in [0, 0.1) is 0 Å². The molecule has 0 aliphatic heterocycles. The Morgan fingerprint density at radius 2 is 1.55 bits per heavy atom. The van der Waals surface area contributed by atoms with Crippen molar-refractivity contribution < 1.29 is 19.5 Å². The summed E-state index contributed by atoms with van der Waals surface area (Å²) in [7, 11) is 0. The second kappa shape index (κ2) is 7.03. The molecule has 0 bridgehead atoms. The minimum atomic E-state index is -1.13. The van der Waals surface area contributed by atoms with Gasteiger partial charge in [0.15, 0.2) is 0 Å². The van der Waals surface area contributed by atoms with Crippen molar-refractivity contribution in [2.45, 2.75) is 0 Å². The van der Waals surface area contributed by atoms with Crippen molar-refractivity contribution in [3.05, 3.63) is 65.7 Å². The topological polar surface area (TPSA) is 95.5 Å². The number of amides is 2. The highest BCUT2D eigenvalue weighted by atomic mass is 16.4. The lowest BCUT2D eigenvalue weighted by molar-refractivity contribution is -0.115. The van der Waals surface area contributed by atoms with Crippen LogP contribution in [-0.4, -0.2) is 29.4 Å². The largest absolute Gasteiger partial charge is 0.478 e. The maximum absolute atomic E-state index is 11.8. The standard InChI is InChI=1S/C16H14N2O4/c19-14(10-17-15(20)11-6-2-1-3-7-11)18-13-9-5-4-8-12(13)16(21)22/h1-9H,10H2,(H,17,20)(H,18,19)(H,21,22). The van der Waals surface area contributed by atoms with E-state index in [0.29, 0.717) is 5.56 Å². The van der Waals surface area contributed by atoms with Crippen LogP contribution >= 0.6 is 0 Å². The van der Waals surface area contributed by atoms with E-state index in [9.17, 15) is 14.4 Å². The van der Waals surface area contributed by atoms with E-state index in [2.05, 4.69) is 10.6 Å². The molecule has 0 atom stereocenters. The van der Waals surface area contributed by atoms with Gasteiger partial charge in [-0.15, -0.1) is 0 Å². The van der Waals surface area contributed by atoms with Crippen LogP contribution < -0.4 is 10.6 Å². The molecular weight excluding hydrogens is 284 g/mol. The number of carbonyl (C=O) groups is 3. The van der Waals surface area contributed by atoms with E-state index in [-0.39, 0.29) is 23.7 Å². The van der Waals surface area contributed by atoms with Crippen LogP contribution in [0.5, 0.6) is 0 Å². The normalized spacial score (nSPS) is 9.82. The number of anilines is 1. The summed E-state index contributed by atoms with van der Waals surface area (Å²) in [6.45, 7) is -0.248. The second-order valence-corrected chi connectivity index (χ2v) is 4.45. The lowest BCUT2D eigenvalue weighted by Crippen LogP contribution is -2.33. The average Bonchev–Trinajstić information content (AvgIpc) is 2.53. The van der Waals surface area contributed by atoms with Crippen molar-refractivity contribution in [2.75, 3.05) is 11.9 Å². The first-order chi connectivity index (χ1) is 10.6. The molecule has 0 aliphatic rings. The van der Waals surface area contributed by atoms with Gasteiger partial charge in [-0.3, -0.25) is 9.59 Å². The second-order valence-electron chi connectivity index (χ2n) is 4.45. The predicted molar refractivity (Wildman–Crippen MR) is 80.8 cm³/mol. The van der Waals surface area contributed by atoms with E-state index in [4.69, 9.17) is 5.11 Å². The Bertz CT molecular complexity index is 698. The van der Waals surface area contributed by atoms with Gasteiger partial charge in [0.2, 0.25) is 5.91 Å². The van der Waals surface area contributed by atoms with Gasteiger partial charge >= 0.3 is 5.97 Å². The lowest BCUT2D eigenvalue weighted by atomic mass is 10.2. The number of benzene rings is 2. The fourth-order valence-electron chi connectivity index (χ4n) is 1.83. The van der Waals surface area contributed by atoms with Gasteiger partial charge in [0.1, 0.15) is 0 Å². The first kappa shape index (κ1) is 15.2. The summed E-state index contributed by atoms with van der Waals surface area (Å²) in [5.74, 6) is -2.01. The molecule has 0 saturated heterocycles. The van der Waals surface area contributed by atoms with Crippen molar-refractivity contribution in [1.82, 2.24) is 5.32 Å². The van der Waals surface area contributed by atoms with E-state index < -0.39 is 11.9 Å². The monoisotopic (exact) mass is 298 g/mol. The Hall–Kier alpha value is -3.15. The number of carboxylic acid groups (broad SMARTS) is 1. The maximum Gasteiger partial charge on any atom is 0.337 e. The number of hydrogen-bond acceptors (Lipinski definition) is 3. The minimum absolute atomic E-state index is 0.00904. The molecule has 2 aromatic rings. The highest BCUT2D eigenvalue weighted by Crippen LogP contribution is 2.14. The van der Waals surface area contributed by atoms with E-state index in [1.165, 1.54) is 12.1 Å². The molecule has 112 valence electrons. The van der Waals surface area contributed by atoms with Crippen LogP contribution in [0.15, 0.2) is 54.6 Å². The number of carboxylic acids is 1. The van der Waals surface area contributed by atoms with Gasteiger partial charge in [0, 0.05) is 5.56 Å². The van der Waals surface area contributed by atoms with Crippen LogP contribution in [0.2, 0.25) is 0 Å². The minimum Gasteiger partial charge on any atom is -0.478 e. The molecule has 2 amide bonds. The zero-order valence-electron chi connectivity index (χ0n) is 11.6. The zero-order chi connectivity index (χ0) is 15.9. The third-order valence-electron chi connectivity index (χ3n) is 2.88. The summed E-state index contributed by atoms with van der Waals surface area (Å²) in [5.41, 5.74) is 0.625. The molecular formula is C16H14N2O4. The molecule has 0 aliphatic carbocycles. The molecule has 0 aromatic heterocycles. The highest BCUT2D eigenvalue weighted by molar-refractivity contribution is 6.03. The molecule has 2 rings (SSSR count). The van der Waals surface area contributed by atoms with Gasteiger partial charge in [0.05, 0.1) is 17.8 Å². The summed E-state index contributed by atoms with van der Waals surface area (Å²) >= 11 is 0. The highest BCUT2D eigenvalue weighted by Gasteiger charge is 2.12. The zero-order valence-corrected chi connectivity index (χ0v) is 11.6. The number of rotatable bonds is 5. The van der Waals surface area contributed by atoms with E-state index in [1.54, 1.807) is 42.5 Å². The summed E-state index contributed by atoms with van der Waals surface area (Å²) < 4.78 is 0. The number of carbonyl (C=O) groups excluding carboxylic acids is 2. The smallest absolute Gasteiger partial charge is 0.337 e. The first-order valence-corrected chi connectivity index (χ1v) is 6.53. The first-order valence-electron chi connectivity index (χ1n) is 6.53. The third kappa shape index (κ3) is 3.92. The molecule has 0 spiro atoms. The van der Waals surface area contributed by atoms with Crippen molar-refractivity contribution in [3.8, 4) is 0 Å². The van der Waals surface area contributed by atoms with Crippen molar-refractivity contribution >= 4 is 23.5 Å². The Morgan fingerprint density at radius 1 is 0.909 bits per heavy atom. The molecule has 0 unspecified atom stereocenters. The molecule has 6 heteroatoms. The van der Waals surface area contributed by atoms with Crippen LogP contribution in [0.25, 0.3) is 0 Å². The summed E-state index contributed by atoms with van der Waals surface area (Å²) in [5, 5.41) is 14.0. The van der Waals surface area contributed by atoms with Crippen molar-refractivity contribution in [3.63, 3.8) is 0 Å². The number of nitrogens with one attached hydrogen (secondary N) is 2. The Balaban J connectivity index is 1.94. The molecule has 0 radical (unpaired) electrons. The Labute approximate surface area is 126 Å². The van der Waals surface area contributed by atoms with Gasteiger partial charge in [-0.05, 0) is 24.3 Å². The van der Waals surface area contributed by atoms with E-state index in [0.717, 1.165) is 0 Å².